The smallest absolute Gasteiger partial charge is 0.229 e. The predicted octanol–water partition coefficient (Wildman–Crippen LogP) is 2.96. The number of aryl methyl sites for hydroxylation is 1. The number of hydrogen-bond donors (Lipinski definition) is 1. The Morgan fingerprint density at radius 3 is 2.83 bits per heavy atom. The van der Waals surface area contributed by atoms with E-state index in [1.807, 2.05) is 0 Å². The molecule has 18 heavy (non-hydrogen) atoms. The summed E-state index contributed by atoms with van der Waals surface area (Å²) in [7, 11) is 0. The first-order valence-corrected chi connectivity index (χ1v) is 5.68. The minimum atomic E-state index is -0.419. The first-order chi connectivity index (χ1) is 8.59. The predicted molar refractivity (Wildman–Crippen MR) is 71.3 cm³/mol. The topological polar surface area (TPSA) is 48.1 Å². The van der Waals surface area contributed by atoms with E-state index in [0.717, 1.165) is 0 Å². The third kappa shape index (κ3) is 2.46. The Bertz CT molecular complexity index is 601. The molecule has 0 saturated carbocycles. The maximum Gasteiger partial charge on any atom is 0.229 e. The molecule has 0 amide bonds. The summed E-state index contributed by atoms with van der Waals surface area (Å²) in [5.41, 5.74) is 6.53. The summed E-state index contributed by atoms with van der Waals surface area (Å²) in [6, 6.07) is 8.26. The number of rotatable bonds is 3. The Labute approximate surface area is 109 Å². The van der Waals surface area contributed by atoms with Crippen molar-refractivity contribution in [3.63, 3.8) is 0 Å². The molecule has 0 radical (unpaired) electrons. The van der Waals surface area contributed by atoms with Crippen molar-refractivity contribution in [3.8, 4) is 11.6 Å². The maximum absolute atomic E-state index is 13.8. The van der Waals surface area contributed by atoms with Gasteiger partial charge >= 0.3 is 0 Å². The third-order valence-electron chi connectivity index (χ3n) is 2.40. The fourth-order valence-corrected chi connectivity index (χ4v) is 1.62. The van der Waals surface area contributed by atoms with Crippen LogP contribution in [0, 0.1) is 12.7 Å². The number of halogens is 1. The van der Waals surface area contributed by atoms with Crippen LogP contribution in [0.2, 0.25) is 0 Å². The van der Waals surface area contributed by atoms with Crippen molar-refractivity contribution in [2.75, 3.05) is 0 Å². The van der Waals surface area contributed by atoms with Crippen molar-refractivity contribution in [2.45, 2.75) is 6.92 Å². The second-order valence-corrected chi connectivity index (χ2v) is 4.15. The highest BCUT2D eigenvalue weighted by molar-refractivity contribution is 7.80. The number of hydrogen-bond acceptors (Lipinski definition) is 3. The second-order valence-electron chi connectivity index (χ2n) is 3.71. The van der Waals surface area contributed by atoms with Gasteiger partial charge in [0.1, 0.15) is 4.99 Å². The van der Waals surface area contributed by atoms with Crippen molar-refractivity contribution in [3.05, 3.63) is 53.5 Å². The van der Waals surface area contributed by atoms with E-state index in [1.165, 1.54) is 12.3 Å². The van der Waals surface area contributed by atoms with Gasteiger partial charge in [0, 0.05) is 6.20 Å². The largest absolute Gasteiger partial charge is 0.435 e. The van der Waals surface area contributed by atoms with Gasteiger partial charge in [0.2, 0.25) is 5.88 Å². The van der Waals surface area contributed by atoms with Crippen LogP contribution < -0.4 is 10.5 Å². The minimum Gasteiger partial charge on any atom is -0.435 e. The summed E-state index contributed by atoms with van der Waals surface area (Å²) >= 11 is 4.89. The molecule has 0 saturated heterocycles. The summed E-state index contributed by atoms with van der Waals surface area (Å²) in [5, 5.41) is 0. The van der Waals surface area contributed by atoms with E-state index < -0.39 is 5.82 Å². The molecule has 2 aromatic rings. The van der Waals surface area contributed by atoms with Crippen molar-refractivity contribution in [1.82, 2.24) is 4.98 Å². The lowest BCUT2D eigenvalue weighted by Gasteiger charge is -2.10. The number of aromatic nitrogens is 1. The van der Waals surface area contributed by atoms with Crippen molar-refractivity contribution in [1.29, 1.82) is 0 Å². The highest BCUT2D eigenvalue weighted by atomic mass is 32.1. The van der Waals surface area contributed by atoms with E-state index in [0.29, 0.717) is 11.1 Å². The molecule has 0 fully saturated rings. The summed E-state index contributed by atoms with van der Waals surface area (Å²) in [4.78, 5) is 4.17. The van der Waals surface area contributed by atoms with Crippen LogP contribution in [-0.4, -0.2) is 9.97 Å². The Kier molecular flexibility index (Phi) is 3.53. The Balaban J connectivity index is 2.40. The number of nitrogens with zero attached hydrogens (tertiary/aromatic N) is 1. The van der Waals surface area contributed by atoms with Gasteiger partial charge in [-0.25, -0.2) is 9.37 Å². The monoisotopic (exact) mass is 262 g/mol. The molecular weight excluding hydrogens is 251 g/mol. The van der Waals surface area contributed by atoms with Crippen molar-refractivity contribution >= 4 is 17.2 Å². The number of benzene rings is 1. The molecule has 0 spiro atoms. The van der Waals surface area contributed by atoms with Crippen LogP contribution in [0.5, 0.6) is 11.6 Å². The number of ether oxygens (including phenoxy) is 1. The molecule has 0 bridgehead atoms. The molecule has 92 valence electrons. The molecule has 5 heteroatoms. The zero-order chi connectivity index (χ0) is 13.1. The zero-order valence-electron chi connectivity index (χ0n) is 9.68. The van der Waals surface area contributed by atoms with Gasteiger partial charge in [-0.1, -0.05) is 24.4 Å². The first-order valence-electron chi connectivity index (χ1n) is 5.27. The SMILES string of the molecule is Cc1cccc(Oc2ncccc2C(N)=S)c1F. The van der Waals surface area contributed by atoms with E-state index in [2.05, 4.69) is 4.98 Å². The van der Waals surface area contributed by atoms with Gasteiger partial charge < -0.3 is 10.5 Å². The van der Waals surface area contributed by atoms with E-state index in [4.69, 9.17) is 22.7 Å². The van der Waals surface area contributed by atoms with Gasteiger partial charge in [0.05, 0.1) is 5.56 Å². The van der Waals surface area contributed by atoms with E-state index in [1.54, 1.807) is 31.2 Å². The number of nitrogens with two attached hydrogens (primary N) is 1. The lowest BCUT2D eigenvalue weighted by molar-refractivity contribution is 0.425. The summed E-state index contributed by atoms with van der Waals surface area (Å²) < 4.78 is 19.2. The molecule has 0 aliphatic heterocycles. The van der Waals surface area contributed by atoms with Gasteiger partial charge in [-0.15, -0.1) is 0 Å². The zero-order valence-corrected chi connectivity index (χ0v) is 10.5. The van der Waals surface area contributed by atoms with Gasteiger partial charge in [-0.2, -0.15) is 0 Å². The fraction of sp³-hybridized carbons (Fsp3) is 0.0769. The molecule has 0 aliphatic carbocycles. The average molecular weight is 262 g/mol. The molecular formula is C13H11FN2OS. The van der Waals surface area contributed by atoms with Crippen LogP contribution in [0.25, 0.3) is 0 Å². The number of pyridine rings is 1. The molecule has 3 nitrogen and oxygen atoms in total. The summed E-state index contributed by atoms with van der Waals surface area (Å²) in [6.45, 7) is 1.66. The molecule has 0 unspecified atom stereocenters. The Morgan fingerprint density at radius 2 is 2.11 bits per heavy atom. The van der Waals surface area contributed by atoms with Gasteiger partial charge in [-0.05, 0) is 30.7 Å². The summed E-state index contributed by atoms with van der Waals surface area (Å²) in [6.07, 6.45) is 1.53. The van der Waals surface area contributed by atoms with Crippen LogP contribution >= 0.6 is 12.2 Å². The van der Waals surface area contributed by atoms with Crippen molar-refractivity contribution in [2.24, 2.45) is 5.73 Å². The first kappa shape index (κ1) is 12.4. The van der Waals surface area contributed by atoms with Crippen LogP contribution in [-0.2, 0) is 0 Å². The Morgan fingerprint density at radius 1 is 1.33 bits per heavy atom. The number of thiocarbonyl (C=S) groups is 1. The van der Waals surface area contributed by atoms with E-state index in [9.17, 15) is 4.39 Å². The third-order valence-corrected chi connectivity index (χ3v) is 2.62. The quantitative estimate of drug-likeness (QED) is 0.864. The molecule has 2 rings (SSSR count). The average Bonchev–Trinajstić information content (AvgIpc) is 2.35. The minimum absolute atomic E-state index is 0.103. The van der Waals surface area contributed by atoms with Crippen LogP contribution in [0.1, 0.15) is 11.1 Å². The summed E-state index contributed by atoms with van der Waals surface area (Å²) in [5.74, 6) is -0.113. The van der Waals surface area contributed by atoms with Gasteiger partial charge in [-0.3, -0.25) is 0 Å². The Hall–Kier alpha value is -2.01. The lowest BCUT2D eigenvalue weighted by atomic mass is 10.2. The molecule has 1 aromatic heterocycles. The molecule has 0 aliphatic rings. The van der Waals surface area contributed by atoms with Crippen LogP contribution in [0.3, 0.4) is 0 Å². The molecule has 0 atom stereocenters. The van der Waals surface area contributed by atoms with Crippen LogP contribution in [0.4, 0.5) is 4.39 Å². The second kappa shape index (κ2) is 5.10. The molecule has 1 aromatic carbocycles. The maximum atomic E-state index is 13.8. The fourth-order valence-electron chi connectivity index (χ4n) is 1.46. The van der Waals surface area contributed by atoms with E-state index >= 15 is 0 Å². The highest BCUT2D eigenvalue weighted by Crippen LogP contribution is 2.26. The molecule has 2 N–H and O–H groups in total. The highest BCUT2D eigenvalue weighted by Gasteiger charge is 2.12. The lowest BCUT2D eigenvalue weighted by Crippen LogP contribution is -2.11. The normalized spacial score (nSPS) is 10.1. The van der Waals surface area contributed by atoms with Gasteiger partial charge in [0.15, 0.2) is 11.6 Å². The van der Waals surface area contributed by atoms with Gasteiger partial charge in [0.25, 0.3) is 0 Å². The molecule has 1 heterocycles. The van der Waals surface area contributed by atoms with Crippen molar-refractivity contribution < 1.29 is 9.13 Å². The van der Waals surface area contributed by atoms with E-state index in [-0.39, 0.29) is 16.6 Å². The van der Waals surface area contributed by atoms with Crippen LogP contribution in [0.15, 0.2) is 36.5 Å². The standard InChI is InChI=1S/C13H11FN2OS/c1-8-4-2-6-10(11(8)14)17-13-9(12(15)18)5-3-7-16-13/h2-7H,1H3,(H2,15,18).